The Morgan fingerprint density at radius 2 is 1.88 bits per heavy atom. The second-order valence-corrected chi connectivity index (χ2v) is 8.37. The van der Waals surface area contributed by atoms with Crippen molar-refractivity contribution in [2.75, 3.05) is 31.6 Å². The van der Waals surface area contributed by atoms with Gasteiger partial charge in [0.15, 0.2) is 9.84 Å². The van der Waals surface area contributed by atoms with Gasteiger partial charge in [0.05, 0.1) is 0 Å². The van der Waals surface area contributed by atoms with Crippen molar-refractivity contribution >= 4 is 21.7 Å². The molecule has 2 rings (SSSR count). The zero-order valence-electron chi connectivity index (χ0n) is 14.0. The zero-order chi connectivity index (χ0) is 19.6. The summed E-state index contributed by atoms with van der Waals surface area (Å²) < 4.78 is 61.1. The molecule has 1 N–H and O–H groups in total. The number of amides is 2. The van der Waals surface area contributed by atoms with Crippen LogP contribution in [0.3, 0.4) is 0 Å². The number of carbonyl (C=O) groups excluding carboxylic acids is 2. The Balaban J connectivity index is 2.14. The first-order chi connectivity index (χ1) is 11.9. The van der Waals surface area contributed by atoms with Gasteiger partial charge in [-0.3, -0.25) is 14.3 Å². The Kier molecular flexibility index (Phi) is 5.64. The monoisotopic (exact) mass is 396 g/mol. The van der Waals surface area contributed by atoms with Crippen LogP contribution in [0.15, 0.2) is 18.5 Å². The number of piperidine rings is 1. The Bertz CT molecular complexity index is 754. The number of alkyl halides is 3. The lowest BCUT2D eigenvalue weighted by Crippen LogP contribution is -2.57. The van der Waals surface area contributed by atoms with E-state index in [1.165, 1.54) is 22.0 Å². The van der Waals surface area contributed by atoms with Crippen LogP contribution in [0.25, 0.3) is 0 Å². The van der Waals surface area contributed by atoms with Gasteiger partial charge in [0, 0.05) is 31.7 Å². The molecule has 0 radical (unpaired) electrons. The number of nitrogens with zero attached hydrogens (tertiary/aromatic N) is 3. The van der Waals surface area contributed by atoms with Crippen LogP contribution in [0.5, 0.6) is 0 Å². The Hall–Kier alpha value is -2.11. The summed E-state index contributed by atoms with van der Waals surface area (Å²) >= 11 is 0. The summed E-state index contributed by atoms with van der Waals surface area (Å²) in [4.78, 5) is 25.8. The fourth-order valence-electron chi connectivity index (χ4n) is 2.87. The maximum absolute atomic E-state index is 12.5. The predicted molar refractivity (Wildman–Crippen MR) is 84.8 cm³/mol. The Labute approximate surface area is 148 Å². The van der Waals surface area contributed by atoms with Gasteiger partial charge in [0.2, 0.25) is 11.8 Å². The van der Waals surface area contributed by atoms with E-state index in [4.69, 9.17) is 0 Å². The largest absolute Gasteiger partial charge is 0.405 e. The van der Waals surface area contributed by atoms with Crippen LogP contribution in [-0.4, -0.2) is 72.7 Å². The first-order valence-corrected chi connectivity index (χ1v) is 9.80. The lowest BCUT2D eigenvalue weighted by atomic mass is 9.86. The lowest BCUT2D eigenvalue weighted by Gasteiger charge is -2.40. The highest BCUT2D eigenvalue weighted by atomic mass is 32.2. The summed E-state index contributed by atoms with van der Waals surface area (Å²) in [7, 11) is -3.50. The van der Waals surface area contributed by atoms with Gasteiger partial charge >= 0.3 is 6.18 Å². The molecule has 0 aliphatic carbocycles. The quantitative estimate of drug-likeness (QED) is 0.751. The van der Waals surface area contributed by atoms with Crippen molar-refractivity contribution in [1.82, 2.24) is 20.0 Å². The van der Waals surface area contributed by atoms with Gasteiger partial charge in [-0.1, -0.05) is 0 Å². The zero-order valence-corrected chi connectivity index (χ0v) is 14.8. The summed E-state index contributed by atoms with van der Waals surface area (Å²) in [6.07, 6.45) is -0.691. The van der Waals surface area contributed by atoms with Crippen molar-refractivity contribution < 1.29 is 31.2 Å². The molecule has 0 unspecified atom stereocenters. The van der Waals surface area contributed by atoms with Gasteiger partial charge in [0.25, 0.3) is 0 Å². The van der Waals surface area contributed by atoms with E-state index in [1.54, 1.807) is 6.07 Å². The van der Waals surface area contributed by atoms with E-state index < -0.39 is 45.7 Å². The second kappa shape index (κ2) is 7.25. The van der Waals surface area contributed by atoms with E-state index in [-0.39, 0.29) is 25.9 Å². The van der Waals surface area contributed by atoms with Crippen molar-refractivity contribution in [2.24, 2.45) is 0 Å². The summed E-state index contributed by atoms with van der Waals surface area (Å²) in [6.45, 7) is -1.40. The molecule has 0 saturated carbocycles. The first-order valence-electron chi connectivity index (χ1n) is 7.74. The van der Waals surface area contributed by atoms with Crippen molar-refractivity contribution in [1.29, 1.82) is 0 Å². The molecule has 1 aromatic heterocycles. The molecule has 1 fully saturated rings. The van der Waals surface area contributed by atoms with Crippen LogP contribution < -0.4 is 5.32 Å². The highest BCUT2D eigenvalue weighted by Gasteiger charge is 2.45. The summed E-state index contributed by atoms with van der Waals surface area (Å²) in [5, 5.41) is 5.86. The van der Waals surface area contributed by atoms with Crippen LogP contribution >= 0.6 is 0 Å². The minimum absolute atomic E-state index is 0.0217. The van der Waals surface area contributed by atoms with Gasteiger partial charge in [-0.05, 0) is 18.9 Å². The fraction of sp³-hybridized carbons (Fsp3) is 0.643. The minimum atomic E-state index is -4.55. The molecule has 0 aromatic carbocycles. The molecule has 26 heavy (non-hydrogen) atoms. The van der Waals surface area contributed by atoms with Gasteiger partial charge in [-0.25, -0.2) is 8.42 Å². The van der Waals surface area contributed by atoms with Crippen LogP contribution in [0.4, 0.5) is 13.2 Å². The maximum atomic E-state index is 12.5. The SMILES string of the molecule is CS(=O)(=O)CC(=O)N1CCC(C(=O)NCC(F)(F)F)(n2cccn2)CC1. The molecule has 1 aliphatic rings. The van der Waals surface area contributed by atoms with E-state index in [1.807, 2.05) is 5.32 Å². The molecule has 8 nitrogen and oxygen atoms in total. The third-order valence-corrected chi connectivity index (χ3v) is 4.92. The van der Waals surface area contributed by atoms with Crippen molar-refractivity contribution in [3.05, 3.63) is 18.5 Å². The van der Waals surface area contributed by atoms with Gasteiger partial charge < -0.3 is 10.2 Å². The maximum Gasteiger partial charge on any atom is 0.405 e. The summed E-state index contributed by atoms with van der Waals surface area (Å²) in [5.74, 6) is -2.09. The van der Waals surface area contributed by atoms with Crippen molar-refractivity contribution in [3.63, 3.8) is 0 Å². The van der Waals surface area contributed by atoms with Gasteiger partial charge in [0.1, 0.15) is 17.8 Å². The van der Waals surface area contributed by atoms with Crippen LogP contribution in [0.2, 0.25) is 0 Å². The van der Waals surface area contributed by atoms with Gasteiger partial charge in [-0.2, -0.15) is 18.3 Å². The normalized spacial score (nSPS) is 17.8. The number of rotatable bonds is 5. The third kappa shape index (κ3) is 4.96. The molecule has 1 saturated heterocycles. The minimum Gasteiger partial charge on any atom is -0.345 e. The number of nitrogens with one attached hydrogen (secondary N) is 1. The Morgan fingerprint density at radius 1 is 1.27 bits per heavy atom. The van der Waals surface area contributed by atoms with Crippen LogP contribution in [0, 0.1) is 0 Å². The summed E-state index contributed by atoms with van der Waals surface area (Å²) in [5.41, 5.74) is -1.36. The predicted octanol–water partition coefficient (Wildman–Crippen LogP) is -0.0761. The van der Waals surface area contributed by atoms with Crippen molar-refractivity contribution in [2.45, 2.75) is 24.6 Å². The van der Waals surface area contributed by atoms with E-state index in [2.05, 4.69) is 5.10 Å². The van der Waals surface area contributed by atoms with Crippen LogP contribution in [0.1, 0.15) is 12.8 Å². The lowest BCUT2D eigenvalue weighted by molar-refractivity contribution is -0.147. The highest BCUT2D eigenvalue weighted by Crippen LogP contribution is 2.30. The third-order valence-electron chi connectivity index (χ3n) is 4.14. The molecule has 1 aliphatic heterocycles. The molecular formula is C14H19F3N4O4S. The highest BCUT2D eigenvalue weighted by molar-refractivity contribution is 7.91. The average molecular weight is 396 g/mol. The van der Waals surface area contributed by atoms with E-state index in [0.717, 1.165) is 6.26 Å². The van der Waals surface area contributed by atoms with Crippen molar-refractivity contribution in [3.8, 4) is 0 Å². The standard InChI is InChI=1S/C14H19F3N4O4S/c1-26(24,25)9-11(22)20-7-3-13(4-8-20,21-6-2-5-19-21)12(23)18-10-14(15,16)17/h2,5-6H,3-4,7-10H2,1H3,(H,18,23). The second-order valence-electron chi connectivity index (χ2n) is 6.23. The molecule has 0 spiro atoms. The number of aromatic nitrogens is 2. The summed E-state index contributed by atoms with van der Waals surface area (Å²) in [6, 6.07) is 1.54. The number of halogens is 3. The number of carbonyl (C=O) groups is 2. The Morgan fingerprint density at radius 3 is 2.35 bits per heavy atom. The topological polar surface area (TPSA) is 101 Å². The molecule has 12 heteroatoms. The van der Waals surface area contributed by atoms with Crippen LogP contribution in [-0.2, 0) is 25.0 Å². The number of hydrogen-bond donors (Lipinski definition) is 1. The van der Waals surface area contributed by atoms with E-state index >= 15 is 0 Å². The van der Waals surface area contributed by atoms with E-state index in [0.29, 0.717) is 0 Å². The van der Waals surface area contributed by atoms with E-state index in [9.17, 15) is 31.2 Å². The van der Waals surface area contributed by atoms with Gasteiger partial charge in [-0.15, -0.1) is 0 Å². The number of sulfone groups is 1. The average Bonchev–Trinajstić information content (AvgIpc) is 3.05. The number of likely N-dealkylation sites (tertiary alicyclic amines) is 1. The molecule has 0 bridgehead atoms. The smallest absolute Gasteiger partial charge is 0.345 e. The number of hydrogen-bond acceptors (Lipinski definition) is 5. The molecule has 2 heterocycles. The molecule has 0 atom stereocenters. The molecule has 2 amide bonds. The molecular weight excluding hydrogens is 377 g/mol. The fourth-order valence-corrected chi connectivity index (χ4v) is 3.50. The first kappa shape index (κ1) is 20.2. The molecule has 1 aromatic rings. The molecule has 146 valence electrons.